The Kier molecular flexibility index (Phi) is 2.97. The van der Waals surface area contributed by atoms with Crippen LogP contribution in [0.2, 0.25) is 0 Å². The smallest absolute Gasteiger partial charge is 0.269 e. The van der Waals surface area contributed by atoms with E-state index in [1.807, 2.05) is 6.92 Å². The zero-order valence-corrected chi connectivity index (χ0v) is 7.30. The number of nitro groups is 1. The van der Waals surface area contributed by atoms with Crippen molar-refractivity contribution in [2.24, 2.45) is 0 Å². The van der Waals surface area contributed by atoms with Gasteiger partial charge in [0.1, 0.15) is 0 Å². The Balaban J connectivity index is 2.98. The largest absolute Gasteiger partial charge is 0.396 e. The molecule has 0 spiro atoms. The van der Waals surface area contributed by atoms with Crippen molar-refractivity contribution in [3.8, 4) is 0 Å². The third kappa shape index (κ3) is 2.26. The molecule has 0 aromatic heterocycles. The first-order valence-electron chi connectivity index (χ1n) is 4.00. The number of aliphatic hydroxyl groups excluding tert-OH is 1. The molecule has 1 N–H and O–H groups in total. The van der Waals surface area contributed by atoms with Gasteiger partial charge in [-0.05, 0) is 5.56 Å². The molecular formula is C9H11NO3. The molecule has 0 aliphatic carbocycles. The van der Waals surface area contributed by atoms with Gasteiger partial charge in [0.15, 0.2) is 0 Å². The highest BCUT2D eigenvalue weighted by Crippen LogP contribution is 2.19. The van der Waals surface area contributed by atoms with Gasteiger partial charge in [0.2, 0.25) is 0 Å². The van der Waals surface area contributed by atoms with Crippen molar-refractivity contribution < 1.29 is 10.0 Å². The molecule has 0 fully saturated rings. The van der Waals surface area contributed by atoms with Gasteiger partial charge in [-0.15, -0.1) is 0 Å². The minimum absolute atomic E-state index is 0.00116. The fraction of sp³-hybridized carbons (Fsp3) is 0.333. The van der Waals surface area contributed by atoms with Gasteiger partial charge in [0, 0.05) is 24.7 Å². The lowest BCUT2D eigenvalue weighted by Gasteiger charge is -2.06. The molecular weight excluding hydrogens is 170 g/mol. The molecule has 0 saturated heterocycles. The first kappa shape index (κ1) is 9.67. The summed E-state index contributed by atoms with van der Waals surface area (Å²) in [7, 11) is 0. The highest BCUT2D eigenvalue weighted by molar-refractivity contribution is 5.35. The summed E-state index contributed by atoms with van der Waals surface area (Å²) in [6, 6.07) is 6.32. The summed E-state index contributed by atoms with van der Waals surface area (Å²) in [6.45, 7) is 1.82. The third-order valence-electron chi connectivity index (χ3n) is 1.92. The molecule has 13 heavy (non-hydrogen) atoms. The van der Waals surface area contributed by atoms with Crippen LogP contribution >= 0.6 is 0 Å². The minimum atomic E-state index is -0.437. The standard InChI is InChI=1S/C9H11NO3/c1-7(6-11)8-3-2-4-9(5-8)10(12)13/h2-5,7,11H,6H2,1H3/t7-/m1/s1. The molecule has 0 aliphatic rings. The fourth-order valence-corrected chi connectivity index (χ4v) is 1.05. The van der Waals surface area contributed by atoms with Crippen molar-refractivity contribution in [3.05, 3.63) is 39.9 Å². The molecule has 0 saturated carbocycles. The van der Waals surface area contributed by atoms with Gasteiger partial charge < -0.3 is 5.11 Å². The second-order valence-electron chi connectivity index (χ2n) is 2.94. The maximum Gasteiger partial charge on any atom is 0.269 e. The van der Waals surface area contributed by atoms with E-state index < -0.39 is 4.92 Å². The molecule has 0 aliphatic heterocycles. The van der Waals surface area contributed by atoms with Gasteiger partial charge in [-0.25, -0.2) is 0 Å². The molecule has 70 valence electrons. The number of nitrogens with zero attached hydrogens (tertiary/aromatic N) is 1. The van der Waals surface area contributed by atoms with Crippen molar-refractivity contribution in [1.82, 2.24) is 0 Å². The predicted molar refractivity (Wildman–Crippen MR) is 48.6 cm³/mol. The molecule has 1 aromatic rings. The highest BCUT2D eigenvalue weighted by Gasteiger charge is 2.09. The number of non-ortho nitro benzene ring substituents is 1. The van der Waals surface area contributed by atoms with Crippen LogP contribution in [0.3, 0.4) is 0 Å². The number of benzene rings is 1. The first-order valence-corrected chi connectivity index (χ1v) is 4.00. The van der Waals surface area contributed by atoms with E-state index in [1.165, 1.54) is 12.1 Å². The molecule has 0 amide bonds. The number of rotatable bonds is 3. The molecule has 1 atom stereocenters. The molecule has 0 bridgehead atoms. The van der Waals surface area contributed by atoms with E-state index in [0.717, 1.165) is 5.56 Å². The van der Waals surface area contributed by atoms with E-state index in [0.29, 0.717) is 0 Å². The molecule has 1 rings (SSSR count). The Hall–Kier alpha value is -1.42. The van der Waals surface area contributed by atoms with Gasteiger partial charge in [-0.1, -0.05) is 19.1 Å². The van der Waals surface area contributed by atoms with Crippen LogP contribution in [0, 0.1) is 10.1 Å². The molecule has 0 unspecified atom stereocenters. The Morgan fingerprint density at radius 1 is 1.62 bits per heavy atom. The monoisotopic (exact) mass is 181 g/mol. The van der Waals surface area contributed by atoms with Crippen molar-refractivity contribution in [2.75, 3.05) is 6.61 Å². The van der Waals surface area contributed by atoms with Crippen LogP contribution < -0.4 is 0 Å². The molecule has 0 radical (unpaired) electrons. The zero-order chi connectivity index (χ0) is 9.84. The Bertz CT molecular complexity index is 311. The number of hydrogen-bond donors (Lipinski definition) is 1. The van der Waals surface area contributed by atoms with Crippen LogP contribution in [0.25, 0.3) is 0 Å². The summed E-state index contributed by atoms with van der Waals surface area (Å²) in [6.07, 6.45) is 0. The summed E-state index contributed by atoms with van der Waals surface area (Å²) in [4.78, 5) is 9.97. The fourth-order valence-electron chi connectivity index (χ4n) is 1.05. The average molecular weight is 181 g/mol. The van der Waals surface area contributed by atoms with E-state index in [4.69, 9.17) is 5.11 Å². The minimum Gasteiger partial charge on any atom is -0.396 e. The maximum atomic E-state index is 10.4. The Morgan fingerprint density at radius 2 is 2.31 bits per heavy atom. The lowest BCUT2D eigenvalue weighted by atomic mass is 10.0. The summed E-state index contributed by atoms with van der Waals surface area (Å²) in [5.41, 5.74) is 0.856. The molecule has 1 aromatic carbocycles. The van der Waals surface area contributed by atoms with Gasteiger partial charge in [0.05, 0.1) is 4.92 Å². The second-order valence-corrected chi connectivity index (χ2v) is 2.94. The summed E-state index contributed by atoms with van der Waals surface area (Å²) >= 11 is 0. The van der Waals surface area contributed by atoms with Gasteiger partial charge in [-0.3, -0.25) is 10.1 Å². The van der Waals surface area contributed by atoms with Crippen LogP contribution in [0.5, 0.6) is 0 Å². The third-order valence-corrected chi connectivity index (χ3v) is 1.92. The van der Waals surface area contributed by atoms with E-state index in [-0.39, 0.29) is 18.2 Å². The maximum absolute atomic E-state index is 10.4. The predicted octanol–water partition coefficient (Wildman–Crippen LogP) is 1.69. The lowest BCUT2D eigenvalue weighted by Crippen LogP contribution is -1.99. The van der Waals surface area contributed by atoms with Crippen LogP contribution in [0.15, 0.2) is 24.3 Å². The normalized spacial score (nSPS) is 12.5. The second kappa shape index (κ2) is 4.00. The van der Waals surface area contributed by atoms with Crippen LogP contribution in [-0.4, -0.2) is 16.6 Å². The van der Waals surface area contributed by atoms with E-state index in [9.17, 15) is 10.1 Å². The van der Waals surface area contributed by atoms with Crippen LogP contribution in [0.1, 0.15) is 18.4 Å². The van der Waals surface area contributed by atoms with Gasteiger partial charge in [0.25, 0.3) is 5.69 Å². The van der Waals surface area contributed by atoms with Crippen LogP contribution in [-0.2, 0) is 0 Å². The molecule has 4 heteroatoms. The molecule has 0 heterocycles. The topological polar surface area (TPSA) is 63.4 Å². The van der Waals surface area contributed by atoms with E-state index in [2.05, 4.69) is 0 Å². The number of nitro benzene ring substituents is 1. The average Bonchev–Trinajstić information content (AvgIpc) is 2.17. The Labute approximate surface area is 76.0 Å². The summed E-state index contributed by atoms with van der Waals surface area (Å²) < 4.78 is 0. The quantitative estimate of drug-likeness (QED) is 0.570. The molecule has 4 nitrogen and oxygen atoms in total. The van der Waals surface area contributed by atoms with Crippen LogP contribution in [0.4, 0.5) is 5.69 Å². The first-order chi connectivity index (χ1) is 6.15. The summed E-state index contributed by atoms with van der Waals surface area (Å²) in [5, 5.41) is 19.3. The lowest BCUT2D eigenvalue weighted by molar-refractivity contribution is -0.384. The van der Waals surface area contributed by atoms with Gasteiger partial charge in [-0.2, -0.15) is 0 Å². The van der Waals surface area contributed by atoms with E-state index in [1.54, 1.807) is 12.1 Å². The van der Waals surface area contributed by atoms with Crippen molar-refractivity contribution >= 4 is 5.69 Å². The number of aliphatic hydroxyl groups is 1. The summed E-state index contributed by atoms with van der Waals surface area (Å²) in [5.74, 6) is -0.0556. The van der Waals surface area contributed by atoms with Gasteiger partial charge >= 0.3 is 0 Å². The van der Waals surface area contributed by atoms with Crippen molar-refractivity contribution in [1.29, 1.82) is 0 Å². The Morgan fingerprint density at radius 3 is 2.85 bits per heavy atom. The van der Waals surface area contributed by atoms with Crippen molar-refractivity contribution in [3.63, 3.8) is 0 Å². The SMILES string of the molecule is C[C@H](CO)c1cccc([N+](=O)[O-])c1. The zero-order valence-electron chi connectivity index (χ0n) is 7.30. The van der Waals surface area contributed by atoms with Crippen molar-refractivity contribution in [2.45, 2.75) is 12.8 Å². The highest BCUT2D eigenvalue weighted by atomic mass is 16.6. The van der Waals surface area contributed by atoms with E-state index >= 15 is 0 Å². The number of hydrogen-bond acceptors (Lipinski definition) is 3.